The van der Waals surface area contributed by atoms with Crippen molar-refractivity contribution in [3.63, 3.8) is 0 Å². The van der Waals surface area contributed by atoms with Gasteiger partial charge in [-0.15, -0.1) is 0 Å². The molecule has 0 aliphatic rings. The Bertz CT molecular complexity index is 570. The quantitative estimate of drug-likeness (QED) is 0.906. The van der Waals surface area contributed by atoms with Crippen molar-refractivity contribution < 1.29 is 14.2 Å². The largest absolute Gasteiger partial charge is 0.481 e. The van der Waals surface area contributed by atoms with E-state index in [0.717, 1.165) is 11.8 Å². The van der Waals surface area contributed by atoms with E-state index < -0.39 is 5.82 Å². The maximum absolute atomic E-state index is 13.8. The third kappa shape index (κ3) is 2.33. The molecular formula is C14H14FNO2. The Kier molecular flexibility index (Phi) is 3.58. The van der Waals surface area contributed by atoms with Gasteiger partial charge in [0.2, 0.25) is 5.88 Å². The first kappa shape index (κ1) is 12.5. The van der Waals surface area contributed by atoms with Crippen LogP contribution in [-0.2, 0) is 6.61 Å². The Morgan fingerprint density at radius 2 is 2.06 bits per heavy atom. The molecule has 0 amide bonds. The van der Waals surface area contributed by atoms with Gasteiger partial charge in [-0.3, -0.25) is 0 Å². The van der Waals surface area contributed by atoms with Gasteiger partial charge in [0.25, 0.3) is 0 Å². The van der Waals surface area contributed by atoms with Gasteiger partial charge in [0.15, 0.2) is 0 Å². The molecule has 4 heteroatoms. The molecule has 18 heavy (non-hydrogen) atoms. The fourth-order valence-corrected chi connectivity index (χ4v) is 1.82. The van der Waals surface area contributed by atoms with Gasteiger partial charge in [0, 0.05) is 11.6 Å². The summed E-state index contributed by atoms with van der Waals surface area (Å²) >= 11 is 0. The molecule has 0 atom stereocenters. The smallest absolute Gasteiger partial charge is 0.213 e. The molecule has 2 rings (SSSR count). The van der Waals surface area contributed by atoms with E-state index in [1.54, 1.807) is 6.07 Å². The van der Waals surface area contributed by atoms with Crippen molar-refractivity contribution in [3.05, 3.63) is 47.4 Å². The van der Waals surface area contributed by atoms with Gasteiger partial charge in [0.05, 0.1) is 19.9 Å². The van der Waals surface area contributed by atoms with Gasteiger partial charge in [-0.2, -0.15) is 0 Å². The van der Waals surface area contributed by atoms with E-state index >= 15 is 0 Å². The molecule has 0 aliphatic carbocycles. The molecule has 0 saturated carbocycles. The average Bonchev–Trinajstić information content (AvgIpc) is 2.39. The normalized spacial score (nSPS) is 10.4. The minimum Gasteiger partial charge on any atom is -0.481 e. The first-order chi connectivity index (χ1) is 8.65. The van der Waals surface area contributed by atoms with Crippen molar-refractivity contribution in [1.29, 1.82) is 0 Å². The molecule has 0 aliphatic heterocycles. The second kappa shape index (κ2) is 5.14. The lowest BCUT2D eigenvalue weighted by Gasteiger charge is -2.10. The van der Waals surface area contributed by atoms with Crippen LogP contribution in [0.2, 0.25) is 0 Å². The zero-order chi connectivity index (χ0) is 13.1. The molecule has 0 spiro atoms. The number of aromatic nitrogens is 1. The number of methoxy groups -OCH3 is 1. The Morgan fingerprint density at radius 1 is 1.28 bits per heavy atom. The lowest BCUT2D eigenvalue weighted by atomic mass is 9.98. The number of hydrogen-bond donors (Lipinski definition) is 1. The summed E-state index contributed by atoms with van der Waals surface area (Å²) in [5, 5.41) is 9.32. The third-order valence-corrected chi connectivity index (χ3v) is 2.77. The Morgan fingerprint density at radius 3 is 2.72 bits per heavy atom. The van der Waals surface area contributed by atoms with E-state index in [1.165, 1.54) is 13.2 Å². The van der Waals surface area contributed by atoms with Crippen LogP contribution in [0.5, 0.6) is 5.88 Å². The number of nitrogens with zero attached hydrogens (tertiary/aromatic N) is 1. The SMILES string of the molecule is COc1cc(-c2cc(C)ccc2CO)c(F)cn1. The molecule has 1 N–H and O–H groups in total. The molecule has 3 nitrogen and oxygen atoms in total. The predicted molar refractivity (Wildman–Crippen MR) is 66.8 cm³/mol. The number of aryl methyl sites for hydroxylation is 1. The lowest BCUT2D eigenvalue weighted by Crippen LogP contribution is -1.96. The van der Waals surface area contributed by atoms with E-state index in [1.807, 2.05) is 19.1 Å². The highest BCUT2D eigenvalue weighted by atomic mass is 19.1. The lowest BCUT2D eigenvalue weighted by molar-refractivity contribution is 0.282. The number of hydrogen-bond acceptors (Lipinski definition) is 3. The highest BCUT2D eigenvalue weighted by Crippen LogP contribution is 2.29. The molecule has 2 aromatic rings. The standard InChI is InChI=1S/C14H14FNO2/c1-9-3-4-10(8-17)11(5-9)12-6-14(18-2)16-7-13(12)15/h3-7,17H,8H2,1-2H3. The van der Waals surface area contributed by atoms with Crippen LogP contribution in [0.15, 0.2) is 30.5 Å². The summed E-state index contributed by atoms with van der Waals surface area (Å²) in [4.78, 5) is 3.80. The predicted octanol–water partition coefficient (Wildman–Crippen LogP) is 2.70. The van der Waals surface area contributed by atoms with Crippen LogP contribution in [0.25, 0.3) is 11.1 Å². The number of aliphatic hydroxyl groups is 1. The van der Waals surface area contributed by atoms with E-state index in [0.29, 0.717) is 22.6 Å². The summed E-state index contributed by atoms with van der Waals surface area (Å²) in [7, 11) is 1.48. The maximum atomic E-state index is 13.8. The summed E-state index contributed by atoms with van der Waals surface area (Å²) in [5.74, 6) is -0.0899. The van der Waals surface area contributed by atoms with E-state index in [2.05, 4.69) is 4.98 Å². The second-order valence-electron chi connectivity index (χ2n) is 4.03. The van der Waals surface area contributed by atoms with Gasteiger partial charge >= 0.3 is 0 Å². The molecule has 0 saturated heterocycles. The first-order valence-electron chi connectivity index (χ1n) is 5.56. The summed E-state index contributed by atoms with van der Waals surface area (Å²) in [6.45, 7) is 1.78. The van der Waals surface area contributed by atoms with Crippen LogP contribution in [-0.4, -0.2) is 17.2 Å². The van der Waals surface area contributed by atoms with Crippen LogP contribution < -0.4 is 4.74 Å². The first-order valence-corrected chi connectivity index (χ1v) is 5.56. The van der Waals surface area contributed by atoms with Gasteiger partial charge in [0.1, 0.15) is 5.82 Å². The molecular weight excluding hydrogens is 233 g/mol. The Labute approximate surface area is 105 Å². The van der Waals surface area contributed by atoms with Crippen LogP contribution in [0, 0.1) is 12.7 Å². The maximum Gasteiger partial charge on any atom is 0.213 e. The van der Waals surface area contributed by atoms with Crippen molar-refractivity contribution >= 4 is 0 Å². The van der Waals surface area contributed by atoms with E-state index in [9.17, 15) is 9.50 Å². The van der Waals surface area contributed by atoms with Gasteiger partial charge in [-0.1, -0.05) is 23.8 Å². The highest BCUT2D eigenvalue weighted by Gasteiger charge is 2.11. The Balaban J connectivity index is 2.63. The van der Waals surface area contributed by atoms with Crippen molar-refractivity contribution in [2.75, 3.05) is 7.11 Å². The average molecular weight is 247 g/mol. The van der Waals surface area contributed by atoms with Crippen molar-refractivity contribution in [3.8, 4) is 17.0 Å². The van der Waals surface area contributed by atoms with Crippen molar-refractivity contribution in [1.82, 2.24) is 4.98 Å². The molecule has 1 aromatic carbocycles. The molecule has 0 bridgehead atoms. The molecule has 94 valence electrons. The highest BCUT2D eigenvalue weighted by molar-refractivity contribution is 5.69. The Hall–Kier alpha value is -1.94. The van der Waals surface area contributed by atoms with Crippen LogP contribution in [0.3, 0.4) is 0 Å². The topological polar surface area (TPSA) is 42.4 Å². The van der Waals surface area contributed by atoms with Gasteiger partial charge in [-0.05, 0) is 18.1 Å². The number of rotatable bonds is 3. The summed E-state index contributed by atoms with van der Waals surface area (Å²) in [5.41, 5.74) is 2.72. The molecule has 1 aromatic heterocycles. The fraction of sp³-hybridized carbons (Fsp3) is 0.214. The number of aliphatic hydroxyl groups excluding tert-OH is 1. The zero-order valence-corrected chi connectivity index (χ0v) is 10.3. The number of ether oxygens (including phenoxy) is 1. The molecule has 0 radical (unpaired) electrons. The van der Waals surface area contributed by atoms with Crippen LogP contribution in [0.4, 0.5) is 4.39 Å². The minimum atomic E-state index is -0.434. The van der Waals surface area contributed by atoms with Gasteiger partial charge in [-0.25, -0.2) is 9.37 Å². The third-order valence-electron chi connectivity index (χ3n) is 2.77. The molecule has 0 unspecified atom stereocenters. The van der Waals surface area contributed by atoms with Crippen molar-refractivity contribution in [2.45, 2.75) is 13.5 Å². The molecule has 0 fully saturated rings. The molecule has 1 heterocycles. The van der Waals surface area contributed by atoms with Gasteiger partial charge < -0.3 is 9.84 Å². The summed E-state index contributed by atoms with van der Waals surface area (Å²) in [6, 6.07) is 7.04. The van der Waals surface area contributed by atoms with Crippen LogP contribution in [0.1, 0.15) is 11.1 Å². The summed E-state index contributed by atoms with van der Waals surface area (Å²) in [6.07, 6.45) is 1.12. The van der Waals surface area contributed by atoms with Crippen LogP contribution >= 0.6 is 0 Å². The second-order valence-corrected chi connectivity index (χ2v) is 4.03. The van der Waals surface area contributed by atoms with Crippen molar-refractivity contribution in [2.24, 2.45) is 0 Å². The number of halogens is 1. The summed E-state index contributed by atoms with van der Waals surface area (Å²) < 4.78 is 18.8. The monoisotopic (exact) mass is 247 g/mol. The van der Waals surface area contributed by atoms with E-state index in [-0.39, 0.29) is 6.61 Å². The number of pyridine rings is 1. The zero-order valence-electron chi connectivity index (χ0n) is 10.3. The minimum absolute atomic E-state index is 0.139. The fourth-order valence-electron chi connectivity index (χ4n) is 1.82. The number of benzene rings is 1. The van der Waals surface area contributed by atoms with E-state index in [4.69, 9.17) is 4.74 Å².